The van der Waals surface area contributed by atoms with Crippen LogP contribution in [0.4, 0.5) is 4.79 Å². The van der Waals surface area contributed by atoms with Crippen molar-refractivity contribution in [1.29, 1.82) is 0 Å². The van der Waals surface area contributed by atoms with E-state index in [4.69, 9.17) is 18.9 Å². The van der Waals surface area contributed by atoms with Gasteiger partial charge in [0, 0.05) is 29.6 Å². The third kappa shape index (κ3) is 4.24. The van der Waals surface area contributed by atoms with Crippen molar-refractivity contribution in [2.75, 3.05) is 34.4 Å². The summed E-state index contributed by atoms with van der Waals surface area (Å²) >= 11 is 0. The largest absolute Gasteiger partial charge is 0.496 e. The summed E-state index contributed by atoms with van der Waals surface area (Å²) in [5, 5.41) is 1.67. The summed E-state index contributed by atoms with van der Waals surface area (Å²) in [5.74, 6) is 2.46. The molecule has 3 aromatic carbocycles. The summed E-state index contributed by atoms with van der Waals surface area (Å²) in [5.41, 5.74) is 2.49. The molecule has 0 aliphatic rings. The van der Waals surface area contributed by atoms with Crippen LogP contribution in [0.5, 0.6) is 23.0 Å². The van der Waals surface area contributed by atoms with Crippen molar-refractivity contribution in [3.63, 3.8) is 0 Å². The van der Waals surface area contributed by atoms with Crippen LogP contribution in [0.15, 0.2) is 42.5 Å². The van der Waals surface area contributed by atoms with Crippen molar-refractivity contribution in [1.82, 2.24) is 4.90 Å². The Hall–Kier alpha value is -3.41. The standard InChI is InChI=1S/C25H29NO5/c1-7-26(8-2)25(27)31-21-14-16(3)12-13-17(21)19-15-22(29-5)23-18(24(19)30-6)10-9-11-20(23)28-4/h9-15H,7-8H2,1-6H3. The van der Waals surface area contributed by atoms with Gasteiger partial charge in [-0.15, -0.1) is 0 Å². The number of rotatable bonds is 7. The topological polar surface area (TPSA) is 57.2 Å². The number of amides is 1. The SMILES string of the molecule is CCN(CC)C(=O)Oc1cc(C)ccc1-c1cc(OC)c2c(OC)cccc2c1OC. The number of ether oxygens (including phenoxy) is 4. The number of methoxy groups -OCH3 is 3. The molecule has 0 aliphatic carbocycles. The summed E-state index contributed by atoms with van der Waals surface area (Å²) in [6, 6.07) is 13.4. The number of carbonyl (C=O) groups is 1. The van der Waals surface area contributed by atoms with Gasteiger partial charge in [0.1, 0.15) is 23.0 Å². The maximum absolute atomic E-state index is 12.7. The highest BCUT2D eigenvalue weighted by atomic mass is 16.6. The molecule has 3 rings (SSSR count). The van der Waals surface area contributed by atoms with E-state index >= 15 is 0 Å². The second-order valence-electron chi connectivity index (χ2n) is 7.08. The first-order valence-corrected chi connectivity index (χ1v) is 10.3. The van der Waals surface area contributed by atoms with Crippen LogP contribution in [0.3, 0.4) is 0 Å². The van der Waals surface area contributed by atoms with Gasteiger partial charge in [0.05, 0.1) is 26.7 Å². The fourth-order valence-corrected chi connectivity index (χ4v) is 3.72. The quantitative estimate of drug-likeness (QED) is 0.489. The summed E-state index contributed by atoms with van der Waals surface area (Å²) in [6.45, 7) is 6.95. The Labute approximate surface area is 183 Å². The zero-order valence-electron chi connectivity index (χ0n) is 18.9. The Bertz CT molecular complexity index is 1090. The van der Waals surface area contributed by atoms with E-state index in [0.717, 1.165) is 27.5 Å². The fourth-order valence-electron chi connectivity index (χ4n) is 3.72. The molecule has 1 amide bonds. The van der Waals surface area contributed by atoms with Gasteiger partial charge in [-0.05, 0) is 44.5 Å². The second kappa shape index (κ2) is 9.60. The summed E-state index contributed by atoms with van der Waals surface area (Å²) in [4.78, 5) is 14.3. The van der Waals surface area contributed by atoms with Gasteiger partial charge >= 0.3 is 6.09 Å². The van der Waals surface area contributed by atoms with Crippen molar-refractivity contribution in [3.05, 3.63) is 48.0 Å². The van der Waals surface area contributed by atoms with Gasteiger partial charge in [0.2, 0.25) is 0 Å². The number of benzene rings is 3. The molecule has 6 heteroatoms. The summed E-state index contributed by atoms with van der Waals surface area (Å²) in [6.07, 6.45) is -0.384. The Balaban J connectivity index is 2.26. The van der Waals surface area contributed by atoms with Crippen LogP contribution < -0.4 is 18.9 Å². The maximum Gasteiger partial charge on any atom is 0.415 e. The normalized spacial score (nSPS) is 10.6. The number of aryl methyl sites for hydroxylation is 1. The molecule has 31 heavy (non-hydrogen) atoms. The third-order valence-corrected chi connectivity index (χ3v) is 5.33. The first-order chi connectivity index (χ1) is 15.0. The van der Waals surface area contributed by atoms with E-state index < -0.39 is 0 Å². The molecule has 0 fully saturated rings. The maximum atomic E-state index is 12.7. The molecule has 0 atom stereocenters. The van der Waals surface area contributed by atoms with Crippen molar-refractivity contribution in [3.8, 4) is 34.1 Å². The highest BCUT2D eigenvalue weighted by Gasteiger charge is 2.22. The molecular formula is C25H29NO5. The highest BCUT2D eigenvalue weighted by Crippen LogP contribution is 2.47. The first kappa shape index (κ1) is 22.3. The minimum absolute atomic E-state index is 0.384. The van der Waals surface area contributed by atoms with Crippen LogP contribution in [0, 0.1) is 6.92 Å². The molecule has 0 radical (unpaired) electrons. The van der Waals surface area contributed by atoms with Crippen molar-refractivity contribution >= 4 is 16.9 Å². The van der Waals surface area contributed by atoms with Crippen molar-refractivity contribution in [2.45, 2.75) is 20.8 Å². The van der Waals surface area contributed by atoms with Crippen LogP contribution in [-0.4, -0.2) is 45.4 Å². The Morgan fingerprint density at radius 1 is 0.839 bits per heavy atom. The van der Waals surface area contributed by atoms with E-state index in [9.17, 15) is 4.79 Å². The van der Waals surface area contributed by atoms with Crippen LogP contribution in [0.25, 0.3) is 21.9 Å². The van der Waals surface area contributed by atoms with Crippen LogP contribution >= 0.6 is 0 Å². The number of nitrogens with zero attached hydrogens (tertiary/aromatic N) is 1. The minimum atomic E-state index is -0.384. The van der Waals surface area contributed by atoms with Gasteiger partial charge < -0.3 is 23.8 Å². The molecule has 3 aromatic rings. The number of hydrogen-bond acceptors (Lipinski definition) is 5. The van der Waals surface area contributed by atoms with Gasteiger partial charge in [-0.1, -0.05) is 24.3 Å². The lowest BCUT2D eigenvalue weighted by Gasteiger charge is -2.21. The Morgan fingerprint density at radius 2 is 1.55 bits per heavy atom. The Kier molecular flexibility index (Phi) is 6.90. The van der Waals surface area contributed by atoms with Crippen LogP contribution in [0.1, 0.15) is 19.4 Å². The predicted octanol–water partition coefficient (Wildman–Crippen LogP) is 5.68. The number of carbonyl (C=O) groups excluding carboxylic acids is 1. The zero-order valence-corrected chi connectivity index (χ0v) is 18.9. The molecule has 0 N–H and O–H groups in total. The fraction of sp³-hybridized carbons (Fsp3) is 0.320. The molecule has 0 bridgehead atoms. The smallest absolute Gasteiger partial charge is 0.415 e. The van der Waals surface area contributed by atoms with Crippen LogP contribution in [0.2, 0.25) is 0 Å². The van der Waals surface area contributed by atoms with E-state index in [1.165, 1.54) is 0 Å². The second-order valence-corrected chi connectivity index (χ2v) is 7.08. The van der Waals surface area contributed by atoms with Gasteiger partial charge in [0.25, 0.3) is 0 Å². The van der Waals surface area contributed by atoms with E-state index in [0.29, 0.717) is 36.1 Å². The van der Waals surface area contributed by atoms with E-state index in [-0.39, 0.29) is 6.09 Å². The molecule has 0 aliphatic heterocycles. The molecule has 164 valence electrons. The van der Waals surface area contributed by atoms with E-state index in [1.54, 1.807) is 26.2 Å². The summed E-state index contributed by atoms with van der Waals surface area (Å²) in [7, 11) is 4.87. The average molecular weight is 424 g/mol. The third-order valence-electron chi connectivity index (χ3n) is 5.33. The molecule has 0 saturated heterocycles. The minimum Gasteiger partial charge on any atom is -0.496 e. The molecule has 6 nitrogen and oxygen atoms in total. The molecule has 0 aromatic heterocycles. The first-order valence-electron chi connectivity index (χ1n) is 10.3. The van der Waals surface area contributed by atoms with Gasteiger partial charge in [0.15, 0.2) is 0 Å². The lowest BCUT2D eigenvalue weighted by atomic mass is 9.96. The van der Waals surface area contributed by atoms with Gasteiger partial charge in [-0.25, -0.2) is 4.79 Å². The lowest BCUT2D eigenvalue weighted by molar-refractivity contribution is 0.157. The van der Waals surface area contributed by atoms with Crippen molar-refractivity contribution < 1.29 is 23.7 Å². The average Bonchev–Trinajstić information content (AvgIpc) is 2.78. The van der Waals surface area contributed by atoms with Gasteiger partial charge in [-0.3, -0.25) is 0 Å². The zero-order chi connectivity index (χ0) is 22.5. The molecule has 0 unspecified atom stereocenters. The van der Waals surface area contributed by atoms with E-state index in [1.807, 2.05) is 63.2 Å². The van der Waals surface area contributed by atoms with Gasteiger partial charge in [-0.2, -0.15) is 0 Å². The number of hydrogen-bond donors (Lipinski definition) is 0. The monoisotopic (exact) mass is 423 g/mol. The lowest BCUT2D eigenvalue weighted by Crippen LogP contribution is -2.33. The number of fused-ring (bicyclic) bond motifs is 1. The predicted molar refractivity (Wildman–Crippen MR) is 123 cm³/mol. The van der Waals surface area contributed by atoms with E-state index in [2.05, 4.69) is 0 Å². The van der Waals surface area contributed by atoms with Crippen molar-refractivity contribution in [2.24, 2.45) is 0 Å². The molecule has 0 spiro atoms. The molecular weight excluding hydrogens is 394 g/mol. The molecule has 0 saturated carbocycles. The molecule has 0 heterocycles. The highest BCUT2D eigenvalue weighted by molar-refractivity contribution is 6.03. The Morgan fingerprint density at radius 3 is 2.16 bits per heavy atom. The summed E-state index contributed by atoms with van der Waals surface area (Å²) < 4.78 is 22.9. The van der Waals surface area contributed by atoms with Crippen LogP contribution in [-0.2, 0) is 0 Å².